The van der Waals surface area contributed by atoms with Gasteiger partial charge in [0, 0.05) is 12.5 Å². The SMILES string of the molecule is COC(=O)c1cccn2nc(CS(C)(=O)=O)nc12. The van der Waals surface area contributed by atoms with E-state index in [-0.39, 0.29) is 22.8 Å². The highest BCUT2D eigenvalue weighted by atomic mass is 32.2. The van der Waals surface area contributed by atoms with E-state index in [0.29, 0.717) is 0 Å². The molecule has 7 nitrogen and oxygen atoms in total. The summed E-state index contributed by atoms with van der Waals surface area (Å²) < 4.78 is 28.3. The molecule has 8 heteroatoms. The molecule has 2 aromatic heterocycles. The number of hydrogen-bond acceptors (Lipinski definition) is 6. The number of ether oxygens (including phenoxy) is 1. The van der Waals surface area contributed by atoms with Crippen LogP contribution in [-0.2, 0) is 20.3 Å². The lowest BCUT2D eigenvalue weighted by atomic mass is 10.3. The lowest BCUT2D eigenvalue weighted by Gasteiger charge is -1.99. The van der Waals surface area contributed by atoms with E-state index in [1.54, 1.807) is 18.3 Å². The molecule has 0 spiro atoms. The fourth-order valence-electron chi connectivity index (χ4n) is 1.52. The normalized spacial score (nSPS) is 11.7. The standard InChI is InChI=1S/C10H11N3O4S/c1-17-10(14)7-4-3-5-13-9(7)11-8(12-13)6-18(2,15)16/h3-5H,6H2,1-2H3. The van der Waals surface area contributed by atoms with E-state index >= 15 is 0 Å². The summed E-state index contributed by atoms with van der Waals surface area (Å²) >= 11 is 0. The molecule has 0 saturated carbocycles. The molecule has 0 aliphatic carbocycles. The maximum atomic E-state index is 11.5. The number of esters is 1. The predicted octanol–water partition coefficient (Wildman–Crippen LogP) is 0.0605. The Kier molecular flexibility index (Phi) is 3.04. The van der Waals surface area contributed by atoms with Crippen LogP contribution in [0.4, 0.5) is 0 Å². The Balaban J connectivity index is 2.54. The molecule has 2 rings (SSSR count). The van der Waals surface area contributed by atoms with Crippen LogP contribution in [0, 0.1) is 0 Å². The summed E-state index contributed by atoms with van der Waals surface area (Å²) in [5.41, 5.74) is 0.523. The lowest BCUT2D eigenvalue weighted by molar-refractivity contribution is 0.0602. The van der Waals surface area contributed by atoms with Gasteiger partial charge in [0.25, 0.3) is 0 Å². The van der Waals surface area contributed by atoms with Crippen molar-refractivity contribution in [3.8, 4) is 0 Å². The minimum Gasteiger partial charge on any atom is -0.465 e. The summed E-state index contributed by atoms with van der Waals surface area (Å²) in [7, 11) is -1.95. The first-order chi connectivity index (χ1) is 8.40. The molecule has 18 heavy (non-hydrogen) atoms. The first-order valence-electron chi connectivity index (χ1n) is 5.01. The minimum atomic E-state index is -3.22. The third-order valence-corrected chi connectivity index (χ3v) is 2.99. The van der Waals surface area contributed by atoms with Crippen molar-refractivity contribution >= 4 is 21.5 Å². The molecule has 96 valence electrons. The Morgan fingerprint density at radius 2 is 2.22 bits per heavy atom. The Labute approximate surface area is 103 Å². The number of hydrogen-bond donors (Lipinski definition) is 0. The van der Waals surface area contributed by atoms with Crippen LogP contribution < -0.4 is 0 Å². The number of carbonyl (C=O) groups is 1. The van der Waals surface area contributed by atoms with Crippen molar-refractivity contribution in [2.24, 2.45) is 0 Å². The van der Waals surface area contributed by atoms with Crippen molar-refractivity contribution in [2.75, 3.05) is 13.4 Å². The number of rotatable bonds is 3. The van der Waals surface area contributed by atoms with Crippen LogP contribution in [0.2, 0.25) is 0 Å². The second kappa shape index (κ2) is 4.37. The van der Waals surface area contributed by atoms with Crippen molar-refractivity contribution in [3.05, 3.63) is 29.7 Å². The van der Waals surface area contributed by atoms with Gasteiger partial charge in [0.2, 0.25) is 0 Å². The lowest BCUT2D eigenvalue weighted by Crippen LogP contribution is -2.04. The van der Waals surface area contributed by atoms with Crippen molar-refractivity contribution in [2.45, 2.75) is 5.75 Å². The van der Waals surface area contributed by atoms with Crippen LogP contribution in [0.1, 0.15) is 16.2 Å². The second-order valence-corrected chi connectivity index (χ2v) is 5.92. The van der Waals surface area contributed by atoms with E-state index < -0.39 is 15.8 Å². The first kappa shape index (κ1) is 12.5. The fraction of sp³-hybridized carbons (Fsp3) is 0.300. The van der Waals surface area contributed by atoms with Crippen LogP contribution in [0.25, 0.3) is 5.65 Å². The summed E-state index contributed by atoms with van der Waals surface area (Å²) in [6.07, 6.45) is 2.68. The van der Waals surface area contributed by atoms with Crippen LogP contribution in [0.5, 0.6) is 0 Å². The van der Waals surface area contributed by atoms with Crippen LogP contribution >= 0.6 is 0 Å². The van der Waals surface area contributed by atoms with Gasteiger partial charge < -0.3 is 4.74 Å². The number of methoxy groups -OCH3 is 1. The van der Waals surface area contributed by atoms with Gasteiger partial charge in [-0.3, -0.25) is 0 Å². The summed E-state index contributed by atoms with van der Waals surface area (Å²) in [6, 6.07) is 3.15. The van der Waals surface area contributed by atoms with Gasteiger partial charge >= 0.3 is 5.97 Å². The maximum Gasteiger partial charge on any atom is 0.341 e. The molecule has 0 unspecified atom stereocenters. The molecule has 0 aromatic carbocycles. The quantitative estimate of drug-likeness (QED) is 0.732. The van der Waals surface area contributed by atoms with Gasteiger partial charge in [0.1, 0.15) is 11.3 Å². The molecule has 0 aliphatic rings. The molecule has 0 amide bonds. The molecule has 0 fully saturated rings. The van der Waals surface area contributed by atoms with Crippen molar-refractivity contribution < 1.29 is 17.9 Å². The molecule has 0 N–H and O–H groups in total. The Hall–Kier alpha value is -1.96. The van der Waals surface area contributed by atoms with Crippen LogP contribution in [0.3, 0.4) is 0 Å². The van der Waals surface area contributed by atoms with E-state index in [1.165, 1.54) is 11.6 Å². The maximum absolute atomic E-state index is 11.5. The summed E-state index contributed by atoms with van der Waals surface area (Å²) in [5.74, 6) is -0.664. The third-order valence-electron chi connectivity index (χ3n) is 2.20. The molecule has 0 atom stereocenters. The highest BCUT2D eigenvalue weighted by molar-refractivity contribution is 7.89. The van der Waals surface area contributed by atoms with Gasteiger partial charge in [-0.1, -0.05) is 0 Å². The van der Waals surface area contributed by atoms with Crippen molar-refractivity contribution in [3.63, 3.8) is 0 Å². The number of nitrogens with zero attached hydrogens (tertiary/aromatic N) is 3. The Morgan fingerprint density at radius 3 is 2.83 bits per heavy atom. The average Bonchev–Trinajstić information content (AvgIpc) is 2.66. The largest absolute Gasteiger partial charge is 0.465 e. The zero-order valence-corrected chi connectivity index (χ0v) is 10.6. The van der Waals surface area contributed by atoms with Crippen LogP contribution in [-0.4, -0.2) is 42.4 Å². The smallest absolute Gasteiger partial charge is 0.341 e. The van der Waals surface area contributed by atoms with E-state index in [1.807, 2.05) is 0 Å². The van der Waals surface area contributed by atoms with Gasteiger partial charge in [0.15, 0.2) is 21.3 Å². The number of carbonyl (C=O) groups excluding carboxylic acids is 1. The summed E-state index contributed by atoms with van der Waals surface area (Å²) in [5, 5.41) is 3.99. The van der Waals surface area contributed by atoms with Crippen molar-refractivity contribution in [1.29, 1.82) is 0 Å². The van der Waals surface area contributed by atoms with E-state index in [2.05, 4.69) is 14.8 Å². The summed E-state index contributed by atoms with van der Waals surface area (Å²) in [4.78, 5) is 15.5. The monoisotopic (exact) mass is 269 g/mol. The number of pyridine rings is 1. The molecule has 0 aliphatic heterocycles. The molecule has 0 saturated heterocycles. The minimum absolute atomic E-state index is 0.147. The summed E-state index contributed by atoms with van der Waals surface area (Å²) in [6.45, 7) is 0. The van der Waals surface area contributed by atoms with Gasteiger partial charge in [0.05, 0.1) is 7.11 Å². The zero-order chi connectivity index (χ0) is 13.3. The fourth-order valence-corrected chi connectivity index (χ4v) is 2.11. The highest BCUT2D eigenvalue weighted by Gasteiger charge is 2.16. The van der Waals surface area contributed by atoms with E-state index in [0.717, 1.165) is 6.26 Å². The van der Waals surface area contributed by atoms with E-state index in [9.17, 15) is 13.2 Å². The molecule has 2 heterocycles. The number of sulfone groups is 1. The van der Waals surface area contributed by atoms with E-state index in [4.69, 9.17) is 0 Å². The zero-order valence-electron chi connectivity index (χ0n) is 9.82. The molecular weight excluding hydrogens is 258 g/mol. The second-order valence-electron chi connectivity index (χ2n) is 3.78. The molecule has 0 bridgehead atoms. The van der Waals surface area contributed by atoms with Gasteiger partial charge in [-0.05, 0) is 12.1 Å². The predicted molar refractivity (Wildman–Crippen MR) is 62.9 cm³/mol. The van der Waals surface area contributed by atoms with Gasteiger partial charge in [-0.2, -0.15) is 5.10 Å². The van der Waals surface area contributed by atoms with Gasteiger partial charge in [-0.25, -0.2) is 22.7 Å². The Bertz CT molecular complexity index is 705. The van der Waals surface area contributed by atoms with Crippen LogP contribution in [0.15, 0.2) is 18.3 Å². The Morgan fingerprint density at radius 1 is 1.50 bits per heavy atom. The van der Waals surface area contributed by atoms with Gasteiger partial charge in [-0.15, -0.1) is 0 Å². The topological polar surface area (TPSA) is 90.6 Å². The highest BCUT2D eigenvalue weighted by Crippen LogP contribution is 2.11. The first-order valence-corrected chi connectivity index (χ1v) is 7.07. The number of fused-ring (bicyclic) bond motifs is 1. The molecule has 2 aromatic rings. The molecule has 0 radical (unpaired) electrons. The number of aromatic nitrogens is 3. The molecular formula is C10H11N3O4S. The van der Waals surface area contributed by atoms with Crippen molar-refractivity contribution in [1.82, 2.24) is 14.6 Å². The third kappa shape index (κ3) is 2.48. The average molecular weight is 269 g/mol.